The Morgan fingerprint density at radius 3 is 2.23 bits per heavy atom. The normalized spacial score (nSPS) is 16.9. The van der Waals surface area contributed by atoms with E-state index in [1.165, 1.54) is 13.0 Å². The zero-order valence-corrected chi connectivity index (χ0v) is 24.2. The van der Waals surface area contributed by atoms with E-state index in [4.69, 9.17) is 4.74 Å². The van der Waals surface area contributed by atoms with E-state index in [9.17, 15) is 41.4 Å². The Balaban J connectivity index is 1.66. The number of benzene rings is 3. The van der Waals surface area contributed by atoms with Crippen LogP contribution in [0.15, 0.2) is 54.6 Å². The topological polar surface area (TPSA) is 108 Å². The van der Waals surface area contributed by atoms with Crippen molar-refractivity contribution in [2.45, 2.75) is 52.3 Å². The molecule has 1 aliphatic rings. The van der Waals surface area contributed by atoms with Crippen molar-refractivity contribution in [2.75, 3.05) is 17.2 Å². The summed E-state index contributed by atoms with van der Waals surface area (Å²) in [6.07, 6.45) is -5.49. The molecule has 0 saturated carbocycles. The van der Waals surface area contributed by atoms with Gasteiger partial charge in [-0.1, -0.05) is 20.8 Å². The summed E-state index contributed by atoms with van der Waals surface area (Å²) in [5.41, 5.74) is -4.19. The molecule has 1 atom stereocenters. The van der Waals surface area contributed by atoms with Crippen molar-refractivity contribution < 1.29 is 46.2 Å². The number of aryl methyl sites for hydroxylation is 1. The minimum atomic E-state index is -4.79. The second-order valence-corrected chi connectivity index (χ2v) is 11.5. The average Bonchev–Trinajstić information content (AvgIpc) is 3.39. The van der Waals surface area contributed by atoms with Crippen molar-refractivity contribution in [2.24, 2.45) is 5.41 Å². The van der Waals surface area contributed by atoms with Gasteiger partial charge in [0.15, 0.2) is 0 Å². The van der Waals surface area contributed by atoms with Gasteiger partial charge in [-0.15, -0.1) is 0 Å². The molecule has 3 aromatic carbocycles. The van der Waals surface area contributed by atoms with Crippen LogP contribution in [0.4, 0.5) is 38.1 Å². The number of carbonyl (C=O) groups excluding carboxylic acids is 2. The minimum Gasteiger partial charge on any atom is -0.465 e. The predicted molar refractivity (Wildman–Crippen MR) is 152 cm³/mol. The largest absolute Gasteiger partial charge is 0.465 e. The predicted octanol–water partition coefficient (Wildman–Crippen LogP) is 7.83. The Bertz CT molecular complexity index is 1620. The van der Waals surface area contributed by atoms with Gasteiger partial charge in [0.05, 0.1) is 16.8 Å². The molecule has 234 valence electrons. The first-order valence-corrected chi connectivity index (χ1v) is 13.5. The van der Waals surface area contributed by atoms with Crippen molar-refractivity contribution in [1.29, 1.82) is 0 Å². The molecule has 0 radical (unpaired) electrons. The first-order valence-electron chi connectivity index (χ1n) is 13.5. The second kappa shape index (κ2) is 11.8. The molecule has 1 fully saturated rings. The zero-order valence-electron chi connectivity index (χ0n) is 24.2. The van der Waals surface area contributed by atoms with Gasteiger partial charge in [-0.05, 0) is 85.3 Å². The smallest absolute Gasteiger partial charge is 0.416 e. The highest BCUT2D eigenvalue weighted by molar-refractivity contribution is 6.07. The minimum absolute atomic E-state index is 0.0839. The Hall–Kier alpha value is -4.68. The van der Waals surface area contributed by atoms with Gasteiger partial charge in [-0.25, -0.2) is 13.6 Å². The summed E-state index contributed by atoms with van der Waals surface area (Å²) in [7, 11) is 0. The third-order valence-corrected chi connectivity index (χ3v) is 7.61. The Morgan fingerprint density at radius 2 is 1.61 bits per heavy atom. The Labute approximate surface area is 249 Å². The van der Waals surface area contributed by atoms with Crippen molar-refractivity contribution in [3.63, 3.8) is 0 Å². The van der Waals surface area contributed by atoms with Crippen LogP contribution in [-0.2, 0) is 11.0 Å². The lowest BCUT2D eigenvalue weighted by atomic mass is 9.71. The van der Waals surface area contributed by atoms with Crippen molar-refractivity contribution in [1.82, 2.24) is 4.90 Å². The first-order chi connectivity index (χ1) is 20.4. The van der Waals surface area contributed by atoms with Gasteiger partial charge in [0.2, 0.25) is 0 Å². The molecule has 1 saturated heterocycles. The number of hydrogen-bond donors (Lipinski definition) is 3. The third kappa shape index (κ3) is 6.31. The number of carboxylic acid groups (broad SMARTS) is 1. The van der Waals surface area contributed by atoms with Gasteiger partial charge in [-0.2, -0.15) is 13.2 Å². The number of likely N-dealkylation sites (tertiary alicyclic amines) is 1. The number of nitrogens with one attached hydrogen (secondary N) is 2. The third-order valence-electron chi connectivity index (χ3n) is 7.61. The summed E-state index contributed by atoms with van der Waals surface area (Å²) in [6.45, 7) is 6.72. The standard InChI is InChI=1S/C31H30F5N3O5/c1-17-14-19(32)7-11-24(17)44-25-10-6-18(31(34,35)36)15-21(25)26(40)37-20-8-9-22(33)23(16-20)38-27(41)30(29(2,3)4)12-5-13-39(30)28(42)43/h6-11,14-16H,5,12-13H2,1-4H3,(H,37,40)(H,38,41)(H,42,43). The number of rotatable bonds is 6. The van der Waals surface area contributed by atoms with Gasteiger partial charge < -0.3 is 20.5 Å². The summed E-state index contributed by atoms with van der Waals surface area (Å²) in [4.78, 5) is 39.9. The molecule has 3 amide bonds. The van der Waals surface area contributed by atoms with Crippen LogP contribution in [-0.4, -0.2) is 40.0 Å². The summed E-state index contributed by atoms with van der Waals surface area (Å²) >= 11 is 0. The quantitative estimate of drug-likeness (QED) is 0.244. The molecule has 0 bridgehead atoms. The molecule has 4 rings (SSSR count). The van der Waals surface area contributed by atoms with Crippen molar-refractivity contribution in [3.05, 3.63) is 82.9 Å². The summed E-state index contributed by atoms with van der Waals surface area (Å²) < 4.78 is 74.7. The number of nitrogens with zero attached hydrogens (tertiary/aromatic N) is 1. The lowest BCUT2D eigenvalue weighted by molar-refractivity contribution is -0.137. The van der Waals surface area contributed by atoms with Crippen LogP contribution in [0.1, 0.15) is 55.1 Å². The van der Waals surface area contributed by atoms with E-state index >= 15 is 0 Å². The number of halogens is 5. The maximum Gasteiger partial charge on any atom is 0.416 e. The van der Waals surface area contributed by atoms with E-state index in [-0.39, 0.29) is 35.8 Å². The SMILES string of the molecule is Cc1cc(F)ccc1Oc1ccc(C(F)(F)F)cc1C(=O)Nc1ccc(F)c(NC(=O)C2(C(C)(C)C)CCCN2C(=O)O)c1. The molecule has 3 N–H and O–H groups in total. The van der Waals surface area contributed by atoms with Gasteiger partial charge >= 0.3 is 12.3 Å². The van der Waals surface area contributed by atoms with Crippen molar-refractivity contribution >= 4 is 29.3 Å². The number of amides is 3. The van der Waals surface area contributed by atoms with E-state index in [1.54, 1.807) is 20.8 Å². The van der Waals surface area contributed by atoms with E-state index in [0.29, 0.717) is 18.1 Å². The lowest BCUT2D eigenvalue weighted by Gasteiger charge is -2.45. The molecule has 8 nitrogen and oxygen atoms in total. The molecule has 44 heavy (non-hydrogen) atoms. The molecule has 1 aliphatic heterocycles. The molecule has 3 aromatic rings. The van der Waals surface area contributed by atoms with Gasteiger partial charge in [0.1, 0.15) is 28.7 Å². The average molecular weight is 620 g/mol. The van der Waals surface area contributed by atoms with E-state index in [0.717, 1.165) is 47.4 Å². The van der Waals surface area contributed by atoms with Crippen LogP contribution in [0.2, 0.25) is 0 Å². The van der Waals surface area contributed by atoms with E-state index in [1.807, 2.05) is 0 Å². The van der Waals surface area contributed by atoms with Crippen LogP contribution in [0, 0.1) is 24.0 Å². The molecule has 13 heteroatoms. The molecule has 1 heterocycles. The van der Waals surface area contributed by atoms with Gasteiger partial charge in [0.25, 0.3) is 11.8 Å². The summed E-state index contributed by atoms with van der Waals surface area (Å²) in [6, 6.07) is 8.92. The molecule has 0 spiro atoms. The highest BCUT2D eigenvalue weighted by Crippen LogP contribution is 2.45. The maximum atomic E-state index is 14.9. The molecular formula is C31H30F5N3O5. The fraction of sp³-hybridized carbons (Fsp3) is 0.323. The number of alkyl halides is 3. The highest BCUT2D eigenvalue weighted by atomic mass is 19.4. The Morgan fingerprint density at radius 1 is 0.932 bits per heavy atom. The van der Waals surface area contributed by atoms with Gasteiger partial charge in [-0.3, -0.25) is 14.5 Å². The first kappa shape index (κ1) is 32.2. The highest BCUT2D eigenvalue weighted by Gasteiger charge is 2.57. The second-order valence-electron chi connectivity index (χ2n) is 11.5. The molecule has 0 aromatic heterocycles. The van der Waals surface area contributed by atoms with E-state index in [2.05, 4.69) is 10.6 Å². The maximum absolute atomic E-state index is 14.9. The van der Waals surface area contributed by atoms with Crippen molar-refractivity contribution in [3.8, 4) is 11.5 Å². The number of anilines is 2. The lowest BCUT2D eigenvalue weighted by Crippen LogP contribution is -2.62. The van der Waals surface area contributed by atoms with Crippen LogP contribution in [0.25, 0.3) is 0 Å². The summed E-state index contributed by atoms with van der Waals surface area (Å²) in [5.74, 6) is -3.43. The van der Waals surface area contributed by atoms with Crippen LogP contribution in [0.3, 0.4) is 0 Å². The van der Waals surface area contributed by atoms with E-state index < -0.39 is 57.8 Å². The molecule has 1 unspecified atom stereocenters. The van der Waals surface area contributed by atoms with Gasteiger partial charge in [0, 0.05) is 12.2 Å². The molecule has 0 aliphatic carbocycles. The number of carbonyl (C=O) groups is 3. The Kier molecular flexibility index (Phi) is 8.63. The van der Waals surface area contributed by atoms with Crippen LogP contribution < -0.4 is 15.4 Å². The summed E-state index contributed by atoms with van der Waals surface area (Å²) in [5, 5.41) is 14.6. The number of ether oxygens (including phenoxy) is 1. The van der Waals surface area contributed by atoms with Crippen LogP contribution in [0.5, 0.6) is 11.5 Å². The zero-order chi connectivity index (χ0) is 32.6. The fourth-order valence-corrected chi connectivity index (χ4v) is 5.38. The monoisotopic (exact) mass is 619 g/mol. The fourth-order valence-electron chi connectivity index (χ4n) is 5.38. The number of hydrogen-bond acceptors (Lipinski definition) is 4. The van der Waals surface area contributed by atoms with Crippen LogP contribution >= 0.6 is 0 Å². The molecular weight excluding hydrogens is 589 g/mol.